The van der Waals surface area contributed by atoms with Gasteiger partial charge in [-0.15, -0.1) is 0 Å². The summed E-state index contributed by atoms with van der Waals surface area (Å²) in [5.74, 6) is -61.2. The molecule has 24 heteroatoms. The molecule has 2 aliphatic carbocycles. The van der Waals surface area contributed by atoms with Gasteiger partial charge in [0.15, 0.2) is 5.60 Å². The molecule has 1 heterocycles. The van der Waals surface area contributed by atoms with Crippen molar-refractivity contribution in [3.8, 4) is 0 Å². The summed E-state index contributed by atoms with van der Waals surface area (Å²) >= 11 is 0. The molecular weight excluding hydrogens is 653 g/mol. The van der Waals surface area contributed by atoms with Gasteiger partial charge in [-0.05, 0) is 12.3 Å². The summed E-state index contributed by atoms with van der Waals surface area (Å²) in [5, 5.41) is -6.62. The van der Waals surface area contributed by atoms with Crippen LogP contribution in [0.5, 0.6) is 0 Å². The fourth-order valence-electron chi connectivity index (χ4n) is 4.52. The number of alkyl halides is 17. The highest BCUT2D eigenvalue weighted by atomic mass is 32.2. The number of fused-ring (bicyclic) bond motifs is 5. The lowest BCUT2D eigenvalue weighted by Gasteiger charge is -2.42. The predicted molar refractivity (Wildman–Crippen MR) is 90.8 cm³/mol. The molecule has 0 aromatic heterocycles. The predicted octanol–water partition coefficient (Wildman–Crippen LogP) is 4.52. The maximum atomic E-state index is 14.4. The molecule has 4 atom stereocenters. The third-order valence-corrected chi connectivity index (χ3v) is 8.07. The molecule has 0 aromatic carbocycles. The van der Waals surface area contributed by atoms with Gasteiger partial charge in [0.2, 0.25) is 5.91 Å². The molecule has 0 aromatic rings. The minimum Gasteiger partial charge on any atom is -0.293 e. The molecule has 6 nitrogen and oxygen atoms in total. The average Bonchev–Trinajstić information content (AvgIpc) is 3.44. The van der Waals surface area contributed by atoms with Crippen LogP contribution < -0.4 is 5.32 Å². The molecule has 4 unspecified atom stereocenters. The largest absolute Gasteiger partial charge is 0.460 e. The van der Waals surface area contributed by atoms with Crippen LogP contribution in [0.1, 0.15) is 6.42 Å². The maximum absolute atomic E-state index is 14.4. The fourth-order valence-corrected chi connectivity index (χ4v) is 5.73. The second-order valence-electron chi connectivity index (χ2n) is 8.98. The summed E-state index contributed by atoms with van der Waals surface area (Å²) in [5.41, 5.74) is -3.45. The van der Waals surface area contributed by atoms with Crippen molar-refractivity contribution in [2.24, 2.45) is 17.8 Å². The molecule has 1 saturated carbocycles. The van der Waals surface area contributed by atoms with Crippen molar-refractivity contribution in [1.82, 2.24) is 5.32 Å². The lowest BCUT2D eigenvalue weighted by Crippen LogP contribution is -2.75. The summed E-state index contributed by atoms with van der Waals surface area (Å²) in [6.45, 7) is 0. The molecule has 1 aliphatic heterocycles. The highest BCUT2D eigenvalue weighted by Crippen LogP contribution is 2.65. The Morgan fingerprint density at radius 1 is 0.683 bits per heavy atom. The van der Waals surface area contributed by atoms with E-state index in [1.165, 1.54) is 5.32 Å². The minimum absolute atomic E-state index is 0.496. The Balaban J connectivity index is 2.10. The first-order valence-electron chi connectivity index (χ1n) is 10.0. The number of hydrogen-bond acceptors (Lipinski definition) is 5. The molecule has 41 heavy (non-hydrogen) atoms. The number of imide groups is 1. The molecule has 2 bridgehead atoms. The molecule has 3 rings (SSSR count). The van der Waals surface area contributed by atoms with Gasteiger partial charge in [0.05, 0.1) is 5.92 Å². The van der Waals surface area contributed by atoms with Gasteiger partial charge in [0.25, 0.3) is 5.91 Å². The Kier molecular flexibility index (Phi) is 6.75. The van der Waals surface area contributed by atoms with Crippen molar-refractivity contribution in [1.29, 1.82) is 0 Å². The molecule has 1 N–H and O–H groups in total. The van der Waals surface area contributed by atoms with Gasteiger partial charge in [-0.2, -0.15) is 83.1 Å². The van der Waals surface area contributed by atoms with Crippen LogP contribution in [0.2, 0.25) is 0 Å². The zero-order chi connectivity index (χ0) is 32.4. The number of rotatable bonds is 9. The summed E-state index contributed by atoms with van der Waals surface area (Å²) < 4.78 is 257. The van der Waals surface area contributed by atoms with Gasteiger partial charge in [-0.1, -0.05) is 12.2 Å². The standard InChI is InChI=1S/C17H8F17NO5S/c18-10(19,12(22,23)14(26,27)16(30,31)32)11(20,21)13(24,25)15(28,29)17(33,34)41(38,39)40-9-5-2-1-4(3-5)6(9)7(36)35-8(9)37/h1-2,4-6H,3H2,(H,35,36,37). The first-order valence-corrected chi connectivity index (χ1v) is 11.5. The van der Waals surface area contributed by atoms with Crippen LogP contribution >= 0.6 is 0 Å². The summed E-state index contributed by atoms with van der Waals surface area (Å²) in [4.78, 5) is 24.2. The van der Waals surface area contributed by atoms with E-state index in [1.54, 1.807) is 0 Å². The van der Waals surface area contributed by atoms with E-state index in [1.807, 2.05) is 0 Å². The lowest BCUT2D eigenvalue weighted by molar-refractivity contribution is -0.458. The second-order valence-corrected chi connectivity index (χ2v) is 10.6. The number of hydrogen-bond donors (Lipinski definition) is 1. The average molecular weight is 661 g/mol. The van der Waals surface area contributed by atoms with Gasteiger partial charge < -0.3 is 0 Å². The maximum Gasteiger partial charge on any atom is 0.460 e. The van der Waals surface area contributed by atoms with Crippen LogP contribution in [0, 0.1) is 17.8 Å². The Bertz CT molecular complexity index is 1290. The van der Waals surface area contributed by atoms with Crippen LogP contribution in [0.15, 0.2) is 12.2 Å². The second kappa shape index (κ2) is 8.36. The van der Waals surface area contributed by atoms with Crippen molar-refractivity contribution < 1.29 is 96.8 Å². The van der Waals surface area contributed by atoms with E-state index in [-0.39, 0.29) is 0 Å². The summed E-state index contributed by atoms with van der Waals surface area (Å²) in [6.07, 6.45) is -6.57. The molecule has 2 amide bonds. The summed E-state index contributed by atoms with van der Waals surface area (Å²) in [7, 11) is -8.02. The number of nitrogens with one attached hydrogen (secondary N) is 1. The van der Waals surface area contributed by atoms with E-state index in [0.717, 1.165) is 12.2 Å². The van der Waals surface area contributed by atoms with Crippen LogP contribution in [-0.4, -0.2) is 72.8 Å². The molecular formula is C17H8F17NO5S. The van der Waals surface area contributed by atoms with E-state index >= 15 is 0 Å². The molecule has 1 saturated heterocycles. The van der Waals surface area contributed by atoms with Crippen LogP contribution in [0.3, 0.4) is 0 Å². The molecule has 2 fully saturated rings. The smallest absolute Gasteiger partial charge is 0.293 e. The summed E-state index contributed by atoms with van der Waals surface area (Å²) in [6, 6.07) is 0. The minimum atomic E-state index is -9.00. The van der Waals surface area contributed by atoms with Gasteiger partial charge in [-0.3, -0.25) is 14.9 Å². The Labute approximate surface area is 214 Å². The van der Waals surface area contributed by atoms with Crippen molar-refractivity contribution in [3.63, 3.8) is 0 Å². The Hall–Kier alpha value is -2.40. The number of allylic oxidation sites excluding steroid dienone is 1. The van der Waals surface area contributed by atoms with E-state index in [4.69, 9.17) is 0 Å². The first-order chi connectivity index (χ1) is 17.8. The SMILES string of the molecule is O=C1NC(=O)C2(OS(=O)(=O)C(F)(F)C(F)(F)C(F)(F)C(F)(F)C(F)(F)C(F)(F)C(F)(F)C(F)(F)F)C3C=CC(C3)C12. The van der Waals surface area contributed by atoms with Crippen LogP contribution in [0.4, 0.5) is 74.6 Å². The number of carbonyl (C=O) groups excluding carboxylic acids is 2. The van der Waals surface area contributed by atoms with Crippen molar-refractivity contribution in [3.05, 3.63) is 12.2 Å². The number of amides is 2. The molecule has 3 aliphatic rings. The van der Waals surface area contributed by atoms with Crippen molar-refractivity contribution in [2.45, 2.75) is 59.0 Å². The van der Waals surface area contributed by atoms with Crippen molar-refractivity contribution >= 4 is 21.9 Å². The normalized spacial score (nSPS) is 28.4. The van der Waals surface area contributed by atoms with Gasteiger partial charge in [0, 0.05) is 5.92 Å². The number of halogens is 17. The molecule has 0 radical (unpaired) electrons. The fraction of sp³-hybridized carbons (Fsp3) is 0.765. The van der Waals surface area contributed by atoms with Crippen LogP contribution in [-0.2, 0) is 23.9 Å². The zero-order valence-electron chi connectivity index (χ0n) is 18.5. The van der Waals surface area contributed by atoms with Gasteiger partial charge >= 0.3 is 57.1 Å². The van der Waals surface area contributed by atoms with E-state index in [9.17, 15) is 92.6 Å². The van der Waals surface area contributed by atoms with Crippen molar-refractivity contribution in [2.75, 3.05) is 0 Å². The quantitative estimate of drug-likeness (QED) is 0.170. The third kappa shape index (κ3) is 3.63. The zero-order valence-corrected chi connectivity index (χ0v) is 19.3. The van der Waals surface area contributed by atoms with E-state index < -0.39 is 98.7 Å². The Morgan fingerprint density at radius 2 is 1.10 bits per heavy atom. The third-order valence-electron chi connectivity index (χ3n) is 6.69. The molecule has 0 spiro atoms. The number of carbonyl (C=O) groups is 2. The highest BCUT2D eigenvalue weighted by molar-refractivity contribution is 7.88. The van der Waals surface area contributed by atoms with Crippen LogP contribution in [0.25, 0.3) is 0 Å². The van der Waals surface area contributed by atoms with E-state index in [2.05, 4.69) is 4.18 Å². The topological polar surface area (TPSA) is 89.5 Å². The molecule has 236 valence electrons. The Morgan fingerprint density at radius 3 is 1.54 bits per heavy atom. The van der Waals surface area contributed by atoms with E-state index in [0.29, 0.717) is 0 Å². The first kappa shape index (κ1) is 33.1. The lowest BCUT2D eigenvalue weighted by atomic mass is 9.81. The van der Waals surface area contributed by atoms with Gasteiger partial charge in [0.1, 0.15) is 0 Å². The van der Waals surface area contributed by atoms with Gasteiger partial charge in [-0.25, -0.2) is 4.18 Å². The monoisotopic (exact) mass is 661 g/mol. The highest BCUT2D eigenvalue weighted by Gasteiger charge is 2.96.